The Hall–Kier alpha value is -0.730. The van der Waals surface area contributed by atoms with E-state index < -0.39 is 0 Å². The van der Waals surface area contributed by atoms with E-state index >= 15 is 0 Å². The van der Waals surface area contributed by atoms with E-state index in [2.05, 4.69) is 0 Å². The van der Waals surface area contributed by atoms with Crippen LogP contribution < -0.4 is 5.73 Å². The van der Waals surface area contributed by atoms with E-state index in [9.17, 15) is 5.11 Å². The van der Waals surface area contributed by atoms with Crippen molar-refractivity contribution in [1.82, 2.24) is 0 Å². The molecule has 0 fully saturated rings. The van der Waals surface area contributed by atoms with Crippen LogP contribution in [0.3, 0.4) is 0 Å². The summed E-state index contributed by atoms with van der Waals surface area (Å²) in [6.07, 6.45) is 1.65. The van der Waals surface area contributed by atoms with Gasteiger partial charge < -0.3 is 10.8 Å². The third kappa shape index (κ3) is 2.20. The number of hydrogen-bond acceptors (Lipinski definition) is 2. The van der Waals surface area contributed by atoms with Gasteiger partial charge in [0, 0.05) is 5.02 Å². The van der Waals surface area contributed by atoms with Gasteiger partial charge in [0.2, 0.25) is 0 Å². The predicted molar refractivity (Wildman–Crippen MR) is 60.0 cm³/mol. The topological polar surface area (TPSA) is 46.2 Å². The Bertz CT molecular complexity index is 337. The number of halogens is 1. The van der Waals surface area contributed by atoms with E-state index in [0.717, 1.165) is 29.5 Å². The van der Waals surface area contributed by atoms with Gasteiger partial charge in [-0.2, -0.15) is 0 Å². The van der Waals surface area contributed by atoms with Crippen LogP contribution in [0, 0.1) is 13.8 Å². The van der Waals surface area contributed by atoms with Gasteiger partial charge in [-0.05, 0) is 56.0 Å². The highest BCUT2D eigenvalue weighted by atomic mass is 35.5. The number of rotatable bonds is 3. The van der Waals surface area contributed by atoms with Crippen molar-refractivity contribution in [2.45, 2.75) is 26.7 Å². The summed E-state index contributed by atoms with van der Waals surface area (Å²) in [5.41, 5.74) is 8.12. The monoisotopic (exact) mass is 213 g/mol. The minimum atomic E-state index is 0.361. The van der Waals surface area contributed by atoms with Crippen LogP contribution in [0.5, 0.6) is 5.75 Å². The molecule has 0 atom stereocenters. The summed E-state index contributed by atoms with van der Waals surface area (Å²) < 4.78 is 0. The van der Waals surface area contributed by atoms with Crippen LogP contribution in [0.25, 0.3) is 0 Å². The van der Waals surface area contributed by atoms with Crippen molar-refractivity contribution >= 4 is 11.6 Å². The summed E-state index contributed by atoms with van der Waals surface area (Å²) in [5, 5.41) is 10.5. The Morgan fingerprint density at radius 3 is 2.57 bits per heavy atom. The lowest BCUT2D eigenvalue weighted by atomic mass is 10.0. The Morgan fingerprint density at radius 1 is 1.36 bits per heavy atom. The fourth-order valence-electron chi connectivity index (χ4n) is 1.41. The second kappa shape index (κ2) is 4.67. The highest BCUT2D eigenvalue weighted by Crippen LogP contribution is 2.31. The van der Waals surface area contributed by atoms with E-state index in [1.807, 2.05) is 19.9 Å². The van der Waals surface area contributed by atoms with Gasteiger partial charge in [0.05, 0.1) is 0 Å². The first-order valence-corrected chi connectivity index (χ1v) is 5.13. The third-order valence-corrected chi connectivity index (χ3v) is 2.92. The van der Waals surface area contributed by atoms with Crippen LogP contribution in [-0.4, -0.2) is 11.7 Å². The number of aromatic hydroxyl groups is 1. The van der Waals surface area contributed by atoms with Gasteiger partial charge in [0.15, 0.2) is 0 Å². The average molecular weight is 214 g/mol. The molecule has 0 spiro atoms. The second-order valence-electron chi connectivity index (χ2n) is 3.51. The molecule has 14 heavy (non-hydrogen) atoms. The van der Waals surface area contributed by atoms with Crippen LogP contribution in [0.1, 0.15) is 23.1 Å². The van der Waals surface area contributed by atoms with E-state index in [1.54, 1.807) is 0 Å². The molecule has 0 radical (unpaired) electrons. The van der Waals surface area contributed by atoms with E-state index in [0.29, 0.717) is 17.3 Å². The smallest absolute Gasteiger partial charge is 0.122 e. The van der Waals surface area contributed by atoms with E-state index in [4.69, 9.17) is 17.3 Å². The molecule has 0 amide bonds. The lowest BCUT2D eigenvalue weighted by Gasteiger charge is -2.11. The minimum Gasteiger partial charge on any atom is -0.507 e. The summed E-state index contributed by atoms with van der Waals surface area (Å²) in [4.78, 5) is 0. The molecule has 2 nitrogen and oxygen atoms in total. The van der Waals surface area contributed by atoms with Crippen LogP contribution in [0.2, 0.25) is 5.02 Å². The number of hydrogen-bond donors (Lipinski definition) is 2. The van der Waals surface area contributed by atoms with Crippen LogP contribution in [0.15, 0.2) is 6.07 Å². The lowest BCUT2D eigenvalue weighted by molar-refractivity contribution is 0.462. The van der Waals surface area contributed by atoms with Gasteiger partial charge in [-0.1, -0.05) is 11.6 Å². The third-order valence-electron chi connectivity index (χ3n) is 2.53. The molecule has 1 aromatic carbocycles. The second-order valence-corrected chi connectivity index (χ2v) is 3.92. The average Bonchev–Trinajstić information content (AvgIpc) is 2.18. The van der Waals surface area contributed by atoms with Crippen molar-refractivity contribution in [2.24, 2.45) is 5.73 Å². The Kier molecular flexibility index (Phi) is 3.78. The van der Waals surface area contributed by atoms with Crippen molar-refractivity contribution in [3.63, 3.8) is 0 Å². The zero-order valence-corrected chi connectivity index (χ0v) is 9.36. The molecule has 78 valence electrons. The van der Waals surface area contributed by atoms with Gasteiger partial charge in [-0.25, -0.2) is 0 Å². The first kappa shape index (κ1) is 11.3. The molecule has 3 N–H and O–H groups in total. The van der Waals surface area contributed by atoms with E-state index in [-0.39, 0.29) is 0 Å². The first-order chi connectivity index (χ1) is 6.57. The Morgan fingerprint density at radius 2 is 2.00 bits per heavy atom. The van der Waals surface area contributed by atoms with E-state index in [1.165, 1.54) is 0 Å². The fraction of sp³-hybridized carbons (Fsp3) is 0.455. The first-order valence-electron chi connectivity index (χ1n) is 4.75. The van der Waals surface area contributed by atoms with Crippen LogP contribution >= 0.6 is 11.6 Å². The van der Waals surface area contributed by atoms with Crippen molar-refractivity contribution in [3.8, 4) is 5.75 Å². The molecule has 0 saturated heterocycles. The molecule has 1 aromatic rings. The number of benzene rings is 1. The molecule has 0 aromatic heterocycles. The predicted octanol–water partition coefficient (Wildman–Crippen LogP) is 2.55. The number of phenolic OH excluding ortho intramolecular Hbond substituents is 1. The summed E-state index contributed by atoms with van der Waals surface area (Å²) in [6, 6.07) is 1.83. The van der Waals surface area contributed by atoms with Crippen molar-refractivity contribution in [2.75, 3.05) is 6.54 Å². The molecule has 0 aliphatic heterocycles. The minimum absolute atomic E-state index is 0.361. The fourth-order valence-corrected chi connectivity index (χ4v) is 1.68. The normalized spacial score (nSPS) is 10.6. The SMILES string of the molecule is Cc1c(Cl)cc(CCCN)c(O)c1C. The molecule has 0 bridgehead atoms. The largest absolute Gasteiger partial charge is 0.507 e. The van der Waals surface area contributed by atoms with Crippen LogP contribution in [0.4, 0.5) is 0 Å². The lowest BCUT2D eigenvalue weighted by Crippen LogP contribution is -2.01. The maximum atomic E-state index is 9.83. The number of phenols is 1. The zero-order chi connectivity index (χ0) is 10.7. The molecule has 1 rings (SSSR count). The van der Waals surface area contributed by atoms with Gasteiger partial charge in [-0.15, -0.1) is 0 Å². The molecule has 0 heterocycles. The molecular formula is C11H16ClNO. The highest BCUT2D eigenvalue weighted by molar-refractivity contribution is 6.31. The van der Waals surface area contributed by atoms with Crippen molar-refractivity contribution in [1.29, 1.82) is 0 Å². The van der Waals surface area contributed by atoms with Gasteiger partial charge >= 0.3 is 0 Å². The van der Waals surface area contributed by atoms with Gasteiger partial charge in [-0.3, -0.25) is 0 Å². The molecule has 3 heteroatoms. The molecule has 0 saturated carbocycles. The van der Waals surface area contributed by atoms with Crippen LogP contribution in [-0.2, 0) is 6.42 Å². The molecule has 0 aliphatic carbocycles. The summed E-state index contributed by atoms with van der Waals surface area (Å²) >= 11 is 6.03. The Labute approximate surface area is 89.7 Å². The van der Waals surface area contributed by atoms with Crippen molar-refractivity contribution < 1.29 is 5.11 Å². The maximum absolute atomic E-state index is 9.83. The van der Waals surface area contributed by atoms with Gasteiger partial charge in [0.1, 0.15) is 5.75 Å². The zero-order valence-electron chi connectivity index (χ0n) is 8.60. The molecule has 0 aliphatic rings. The summed E-state index contributed by atoms with van der Waals surface area (Å²) in [5.74, 6) is 0.361. The quantitative estimate of drug-likeness (QED) is 0.811. The highest BCUT2D eigenvalue weighted by Gasteiger charge is 2.09. The maximum Gasteiger partial charge on any atom is 0.122 e. The summed E-state index contributed by atoms with van der Waals surface area (Å²) in [7, 11) is 0. The van der Waals surface area contributed by atoms with Crippen molar-refractivity contribution in [3.05, 3.63) is 27.8 Å². The number of nitrogens with two attached hydrogens (primary N) is 1. The Balaban J connectivity index is 3.06. The summed E-state index contributed by atoms with van der Waals surface area (Å²) in [6.45, 7) is 4.41. The number of aryl methyl sites for hydroxylation is 1. The molecular weight excluding hydrogens is 198 g/mol. The molecule has 0 unspecified atom stereocenters. The van der Waals surface area contributed by atoms with Gasteiger partial charge in [0.25, 0.3) is 0 Å². The standard InChI is InChI=1S/C11H16ClNO/c1-7-8(2)11(14)9(4-3-5-13)6-10(7)12/h6,14H,3-5,13H2,1-2H3.